The number of furan rings is 1. The fourth-order valence-electron chi connectivity index (χ4n) is 3.86. The van der Waals surface area contributed by atoms with Gasteiger partial charge in [0.1, 0.15) is 23.4 Å². The zero-order valence-electron chi connectivity index (χ0n) is 18.5. The predicted octanol–water partition coefficient (Wildman–Crippen LogP) is 4.86. The van der Waals surface area contributed by atoms with Gasteiger partial charge in [-0.1, -0.05) is 60.7 Å². The second kappa shape index (κ2) is 8.97. The van der Waals surface area contributed by atoms with Crippen molar-refractivity contribution in [1.82, 2.24) is 9.55 Å². The molecule has 7 heteroatoms. The summed E-state index contributed by atoms with van der Waals surface area (Å²) >= 11 is 0. The van der Waals surface area contributed by atoms with Crippen molar-refractivity contribution in [2.45, 2.75) is 26.8 Å². The first-order valence-corrected chi connectivity index (χ1v) is 10.5. The van der Waals surface area contributed by atoms with Crippen LogP contribution in [0.3, 0.4) is 0 Å². The van der Waals surface area contributed by atoms with E-state index in [1.54, 1.807) is 26.8 Å². The Labute approximate surface area is 191 Å². The minimum absolute atomic E-state index is 0.0397. The fourth-order valence-corrected chi connectivity index (χ4v) is 3.86. The van der Waals surface area contributed by atoms with Gasteiger partial charge in [-0.25, -0.2) is 4.79 Å². The zero-order chi connectivity index (χ0) is 23.5. The summed E-state index contributed by atoms with van der Waals surface area (Å²) in [5.41, 5.74) is 3.06. The number of carbonyl (C=O) groups is 1. The third-order valence-corrected chi connectivity index (χ3v) is 5.40. The lowest BCUT2D eigenvalue weighted by Crippen LogP contribution is -2.34. The van der Waals surface area contributed by atoms with Crippen LogP contribution < -0.4 is 11.0 Å². The molecule has 33 heavy (non-hydrogen) atoms. The van der Waals surface area contributed by atoms with Crippen molar-refractivity contribution in [3.8, 4) is 28.5 Å². The number of amides is 1. The molecule has 7 nitrogen and oxygen atoms in total. The van der Waals surface area contributed by atoms with Crippen molar-refractivity contribution in [2.75, 3.05) is 5.32 Å². The molecule has 0 saturated carbocycles. The van der Waals surface area contributed by atoms with Crippen molar-refractivity contribution in [3.05, 3.63) is 94.2 Å². The second-order valence-electron chi connectivity index (χ2n) is 7.71. The van der Waals surface area contributed by atoms with Crippen LogP contribution in [0.25, 0.3) is 22.5 Å². The summed E-state index contributed by atoms with van der Waals surface area (Å²) in [6.45, 7) is 5.07. The van der Waals surface area contributed by atoms with Gasteiger partial charge in [0.15, 0.2) is 0 Å². The molecule has 1 N–H and O–H groups in total. The van der Waals surface area contributed by atoms with Crippen LogP contribution in [0.5, 0.6) is 0 Å². The largest absolute Gasteiger partial charge is 0.438 e. The van der Waals surface area contributed by atoms with Gasteiger partial charge in [0, 0.05) is 22.5 Å². The normalized spacial score (nSPS) is 11.6. The molecule has 0 aliphatic carbocycles. The number of hydrogen-bond donors (Lipinski definition) is 1. The minimum Gasteiger partial charge on any atom is -0.438 e. The zero-order valence-corrected chi connectivity index (χ0v) is 18.5. The Hall–Kier alpha value is -4.44. The number of rotatable bonds is 5. The van der Waals surface area contributed by atoms with Gasteiger partial charge in [-0.05, 0) is 32.4 Å². The Kier molecular flexibility index (Phi) is 5.92. The summed E-state index contributed by atoms with van der Waals surface area (Å²) in [4.78, 5) is 29.4. The highest BCUT2D eigenvalue weighted by molar-refractivity contribution is 5.97. The number of nitriles is 1. The summed E-state index contributed by atoms with van der Waals surface area (Å²) in [5, 5.41) is 12.7. The van der Waals surface area contributed by atoms with Crippen LogP contribution in [0, 0.1) is 25.2 Å². The van der Waals surface area contributed by atoms with Crippen molar-refractivity contribution < 1.29 is 9.21 Å². The van der Waals surface area contributed by atoms with Crippen LogP contribution in [-0.2, 0) is 4.79 Å². The maximum atomic E-state index is 13.1. The molecule has 2 aromatic heterocycles. The van der Waals surface area contributed by atoms with E-state index in [1.165, 1.54) is 4.57 Å². The van der Waals surface area contributed by atoms with Crippen LogP contribution in [0.2, 0.25) is 0 Å². The van der Waals surface area contributed by atoms with E-state index in [4.69, 9.17) is 4.42 Å². The number of nitrogens with one attached hydrogen (secondary N) is 1. The average Bonchev–Trinajstić information content (AvgIpc) is 3.17. The highest BCUT2D eigenvalue weighted by Gasteiger charge is 2.26. The van der Waals surface area contributed by atoms with Crippen LogP contribution in [0.4, 0.5) is 5.88 Å². The molecule has 1 unspecified atom stereocenters. The SMILES string of the molecule is Cc1cc(C)n(C(C)C(=O)Nc2oc(-c3ccccc3)c(-c3ccccc3)c2C#N)c(=O)n1. The summed E-state index contributed by atoms with van der Waals surface area (Å²) in [5.74, 6) is 0.0276. The number of carbonyl (C=O) groups excluding carboxylic acids is 1. The smallest absolute Gasteiger partial charge is 0.348 e. The number of anilines is 1. The molecule has 1 atom stereocenters. The minimum atomic E-state index is -0.859. The number of aryl methyl sites for hydroxylation is 2. The maximum Gasteiger partial charge on any atom is 0.348 e. The van der Waals surface area contributed by atoms with E-state index in [0.717, 1.165) is 11.1 Å². The molecular formula is C26H22N4O3. The summed E-state index contributed by atoms with van der Waals surface area (Å²) in [6, 6.07) is 21.8. The van der Waals surface area contributed by atoms with Gasteiger partial charge >= 0.3 is 5.69 Å². The monoisotopic (exact) mass is 438 g/mol. The van der Waals surface area contributed by atoms with Gasteiger partial charge in [0.05, 0.1) is 0 Å². The summed E-state index contributed by atoms with van der Waals surface area (Å²) in [7, 11) is 0. The molecule has 2 aromatic carbocycles. The van der Waals surface area contributed by atoms with E-state index < -0.39 is 17.6 Å². The lowest BCUT2D eigenvalue weighted by Gasteiger charge is -2.16. The summed E-state index contributed by atoms with van der Waals surface area (Å²) in [6.07, 6.45) is 0. The number of nitrogens with zero attached hydrogens (tertiary/aromatic N) is 3. The second-order valence-corrected chi connectivity index (χ2v) is 7.71. The quantitative estimate of drug-likeness (QED) is 0.480. The Bertz CT molecular complexity index is 1410. The van der Waals surface area contributed by atoms with Gasteiger partial charge in [0.25, 0.3) is 0 Å². The first kappa shape index (κ1) is 21.8. The van der Waals surface area contributed by atoms with E-state index in [0.29, 0.717) is 22.7 Å². The van der Waals surface area contributed by atoms with Gasteiger partial charge in [-0.2, -0.15) is 10.2 Å². The highest BCUT2D eigenvalue weighted by atomic mass is 16.4. The number of hydrogen-bond acceptors (Lipinski definition) is 5. The molecule has 1 amide bonds. The molecule has 0 saturated heterocycles. The van der Waals surface area contributed by atoms with Crippen LogP contribution in [0.1, 0.15) is 29.9 Å². The first-order chi connectivity index (χ1) is 15.9. The first-order valence-electron chi connectivity index (χ1n) is 10.5. The topological polar surface area (TPSA) is 101 Å². The maximum absolute atomic E-state index is 13.1. The average molecular weight is 438 g/mol. The van der Waals surface area contributed by atoms with Crippen molar-refractivity contribution in [2.24, 2.45) is 0 Å². The van der Waals surface area contributed by atoms with Crippen LogP contribution in [-0.4, -0.2) is 15.5 Å². The molecule has 164 valence electrons. The Morgan fingerprint density at radius 1 is 1.06 bits per heavy atom. The lowest BCUT2D eigenvalue weighted by atomic mass is 9.98. The predicted molar refractivity (Wildman–Crippen MR) is 126 cm³/mol. The molecule has 0 aliphatic heterocycles. The standard InChI is InChI=1S/C26H22N4O3/c1-16-14-17(2)30(26(32)28-16)18(3)24(31)29-25-21(15-27)22(19-10-6-4-7-11-19)23(33-25)20-12-8-5-9-13-20/h4-14,18H,1-3H3,(H,29,31). The number of benzene rings is 2. The highest BCUT2D eigenvalue weighted by Crippen LogP contribution is 2.41. The molecule has 4 aromatic rings. The van der Waals surface area contributed by atoms with Gasteiger partial charge in [-0.3, -0.25) is 14.7 Å². The Morgan fingerprint density at radius 3 is 2.24 bits per heavy atom. The fraction of sp³-hybridized carbons (Fsp3) is 0.154. The Balaban J connectivity index is 1.79. The van der Waals surface area contributed by atoms with Crippen molar-refractivity contribution in [3.63, 3.8) is 0 Å². The molecule has 0 radical (unpaired) electrons. The summed E-state index contributed by atoms with van der Waals surface area (Å²) < 4.78 is 7.37. The lowest BCUT2D eigenvalue weighted by molar-refractivity contribution is -0.119. The molecule has 0 spiro atoms. The Morgan fingerprint density at radius 2 is 1.67 bits per heavy atom. The molecule has 0 fully saturated rings. The van der Waals surface area contributed by atoms with E-state index in [9.17, 15) is 14.9 Å². The molecule has 0 aliphatic rings. The van der Waals surface area contributed by atoms with Gasteiger partial charge in [0.2, 0.25) is 11.8 Å². The van der Waals surface area contributed by atoms with E-state index in [1.807, 2.05) is 60.7 Å². The molecule has 0 bridgehead atoms. The van der Waals surface area contributed by atoms with Crippen LogP contribution in [0.15, 0.2) is 75.9 Å². The van der Waals surface area contributed by atoms with E-state index in [2.05, 4.69) is 16.4 Å². The molecule has 2 heterocycles. The van der Waals surface area contributed by atoms with Gasteiger partial charge < -0.3 is 4.42 Å². The van der Waals surface area contributed by atoms with E-state index in [-0.39, 0.29) is 11.4 Å². The third-order valence-electron chi connectivity index (χ3n) is 5.40. The molecular weight excluding hydrogens is 416 g/mol. The number of aromatic nitrogens is 2. The molecule has 4 rings (SSSR count). The van der Waals surface area contributed by atoms with Gasteiger partial charge in [-0.15, -0.1) is 0 Å². The van der Waals surface area contributed by atoms with E-state index >= 15 is 0 Å². The third kappa shape index (κ3) is 4.19. The van der Waals surface area contributed by atoms with Crippen molar-refractivity contribution in [1.29, 1.82) is 5.26 Å². The van der Waals surface area contributed by atoms with Crippen molar-refractivity contribution >= 4 is 11.8 Å². The van der Waals surface area contributed by atoms with Crippen LogP contribution >= 0.6 is 0 Å².